The minimum Gasteiger partial charge on any atom is -0.486 e. The van der Waals surface area contributed by atoms with Crippen LogP contribution in [0.15, 0.2) is 48.5 Å². The third-order valence-electron chi connectivity index (χ3n) is 7.30. The van der Waals surface area contributed by atoms with Crippen molar-refractivity contribution in [2.24, 2.45) is 5.41 Å². The van der Waals surface area contributed by atoms with Crippen LogP contribution < -0.4 is 9.47 Å². The molecule has 2 N–H and O–H groups in total. The number of aliphatic hydroxyl groups excluding tert-OH is 2. The maximum absolute atomic E-state index is 14.0. The van der Waals surface area contributed by atoms with Crippen LogP contribution in [0.25, 0.3) is 0 Å². The average molecular weight is 424 g/mol. The standard InChI is InChI=1S/C25H29NO5/c1-25-15-18(16-7-3-2-4-8-16)26(21(25)12-6-10-19(27)23(25)28)24(29)17-9-5-11-20-22(17)31-14-13-30-20/h2-5,7-9,11,18-19,21,23,27-28H,6,10,12-15H2,1H3/t18-,19-,21-,23+,25-/m1/s1. The van der Waals surface area contributed by atoms with Gasteiger partial charge in [0.05, 0.1) is 23.8 Å². The van der Waals surface area contributed by atoms with Crippen molar-refractivity contribution in [1.82, 2.24) is 4.90 Å². The summed E-state index contributed by atoms with van der Waals surface area (Å²) in [6.45, 7) is 2.89. The summed E-state index contributed by atoms with van der Waals surface area (Å²) in [4.78, 5) is 16.0. The zero-order valence-corrected chi connectivity index (χ0v) is 17.7. The molecule has 5 rings (SSSR count). The number of benzene rings is 2. The van der Waals surface area contributed by atoms with Gasteiger partial charge in [-0.05, 0) is 43.4 Å². The zero-order valence-electron chi connectivity index (χ0n) is 17.7. The molecule has 3 aliphatic rings. The average Bonchev–Trinajstić information content (AvgIpc) is 3.06. The van der Waals surface area contributed by atoms with Crippen molar-refractivity contribution in [3.05, 3.63) is 59.7 Å². The summed E-state index contributed by atoms with van der Waals surface area (Å²) in [5, 5.41) is 21.6. The van der Waals surface area contributed by atoms with Crippen molar-refractivity contribution < 1.29 is 24.5 Å². The van der Waals surface area contributed by atoms with E-state index < -0.39 is 17.6 Å². The molecule has 2 heterocycles. The molecule has 0 bridgehead atoms. The van der Waals surface area contributed by atoms with Crippen molar-refractivity contribution in [3.8, 4) is 11.5 Å². The van der Waals surface area contributed by atoms with Gasteiger partial charge in [-0.25, -0.2) is 0 Å². The second kappa shape index (κ2) is 7.84. The van der Waals surface area contributed by atoms with Gasteiger partial charge in [0, 0.05) is 11.5 Å². The lowest BCUT2D eigenvalue weighted by Crippen LogP contribution is -2.49. The van der Waals surface area contributed by atoms with Gasteiger partial charge in [0.2, 0.25) is 0 Å². The molecular weight excluding hydrogens is 394 g/mol. The highest BCUT2D eigenvalue weighted by Crippen LogP contribution is 2.54. The van der Waals surface area contributed by atoms with Gasteiger partial charge in [0.25, 0.3) is 5.91 Å². The third-order valence-corrected chi connectivity index (χ3v) is 7.30. The first-order valence-electron chi connectivity index (χ1n) is 11.1. The first-order chi connectivity index (χ1) is 15.0. The molecule has 6 nitrogen and oxygen atoms in total. The van der Waals surface area contributed by atoms with E-state index in [0.29, 0.717) is 43.1 Å². The number of likely N-dealkylation sites (tertiary alicyclic amines) is 1. The molecule has 2 aromatic rings. The van der Waals surface area contributed by atoms with E-state index in [0.717, 1.165) is 18.4 Å². The predicted octanol–water partition coefficient (Wildman–Crippen LogP) is 3.33. The number of nitrogens with zero attached hydrogens (tertiary/aromatic N) is 1. The van der Waals surface area contributed by atoms with Crippen molar-refractivity contribution in [2.45, 2.75) is 56.9 Å². The van der Waals surface area contributed by atoms with Crippen molar-refractivity contribution >= 4 is 5.91 Å². The zero-order chi connectivity index (χ0) is 21.6. The van der Waals surface area contributed by atoms with E-state index in [1.54, 1.807) is 6.07 Å². The van der Waals surface area contributed by atoms with Crippen molar-refractivity contribution in [3.63, 3.8) is 0 Å². The molecule has 2 aliphatic heterocycles. The Morgan fingerprint density at radius 3 is 2.61 bits per heavy atom. The van der Waals surface area contributed by atoms with E-state index in [1.165, 1.54) is 0 Å². The molecule has 0 radical (unpaired) electrons. The number of aliphatic hydroxyl groups is 2. The van der Waals surface area contributed by atoms with Crippen LogP contribution in [0.3, 0.4) is 0 Å². The van der Waals surface area contributed by atoms with Crippen LogP contribution in [0.2, 0.25) is 0 Å². The summed E-state index contributed by atoms with van der Waals surface area (Å²) in [6.07, 6.45) is 0.986. The molecule has 6 heteroatoms. The molecular formula is C25H29NO5. The van der Waals surface area contributed by atoms with Crippen LogP contribution in [0, 0.1) is 5.41 Å². The van der Waals surface area contributed by atoms with Crippen LogP contribution in [-0.2, 0) is 0 Å². The number of amides is 1. The summed E-state index contributed by atoms with van der Waals surface area (Å²) in [5.74, 6) is 0.966. The Labute approximate surface area is 182 Å². The minimum absolute atomic E-state index is 0.117. The topological polar surface area (TPSA) is 79.2 Å². The monoisotopic (exact) mass is 423 g/mol. The van der Waals surface area contributed by atoms with Gasteiger partial charge in [0.15, 0.2) is 11.5 Å². The summed E-state index contributed by atoms with van der Waals surface area (Å²) in [5.41, 5.74) is 0.925. The molecule has 0 aromatic heterocycles. The number of hydrogen-bond donors (Lipinski definition) is 2. The highest BCUT2D eigenvalue weighted by molar-refractivity contribution is 5.98. The lowest BCUT2D eigenvalue weighted by molar-refractivity contribution is -0.0612. The molecule has 31 heavy (non-hydrogen) atoms. The van der Waals surface area contributed by atoms with E-state index in [-0.39, 0.29) is 18.0 Å². The molecule has 0 unspecified atom stereocenters. The molecule has 1 saturated heterocycles. The molecule has 5 atom stereocenters. The smallest absolute Gasteiger partial charge is 0.258 e. The van der Waals surface area contributed by atoms with E-state index in [2.05, 4.69) is 0 Å². The number of ether oxygens (including phenoxy) is 2. The van der Waals surface area contributed by atoms with Crippen LogP contribution in [0.4, 0.5) is 0 Å². The largest absolute Gasteiger partial charge is 0.486 e. The lowest BCUT2D eigenvalue weighted by atomic mass is 9.74. The first-order valence-corrected chi connectivity index (χ1v) is 11.1. The second-order valence-electron chi connectivity index (χ2n) is 9.14. The second-order valence-corrected chi connectivity index (χ2v) is 9.14. The van der Waals surface area contributed by atoms with E-state index in [9.17, 15) is 15.0 Å². The van der Waals surface area contributed by atoms with Gasteiger partial charge < -0.3 is 24.6 Å². The van der Waals surface area contributed by atoms with Gasteiger partial charge in [-0.1, -0.05) is 43.3 Å². The number of hydrogen-bond acceptors (Lipinski definition) is 5. The molecule has 2 fully saturated rings. The van der Waals surface area contributed by atoms with Crippen LogP contribution in [-0.4, -0.2) is 52.5 Å². The van der Waals surface area contributed by atoms with Crippen LogP contribution in [0.1, 0.15) is 54.6 Å². The Hall–Kier alpha value is -2.57. The van der Waals surface area contributed by atoms with Crippen molar-refractivity contribution in [1.29, 1.82) is 0 Å². The molecule has 1 saturated carbocycles. The van der Waals surface area contributed by atoms with Crippen molar-refractivity contribution in [2.75, 3.05) is 13.2 Å². The molecule has 1 amide bonds. The molecule has 2 aromatic carbocycles. The van der Waals surface area contributed by atoms with E-state index >= 15 is 0 Å². The summed E-state index contributed by atoms with van der Waals surface area (Å²) in [7, 11) is 0. The Balaban J connectivity index is 1.61. The Kier molecular flexibility index (Phi) is 5.15. The molecule has 164 valence electrons. The Morgan fingerprint density at radius 2 is 1.81 bits per heavy atom. The lowest BCUT2D eigenvalue weighted by Gasteiger charge is -2.38. The predicted molar refractivity (Wildman–Crippen MR) is 115 cm³/mol. The van der Waals surface area contributed by atoms with Crippen LogP contribution >= 0.6 is 0 Å². The van der Waals surface area contributed by atoms with Crippen LogP contribution in [0.5, 0.6) is 11.5 Å². The number of rotatable bonds is 2. The number of para-hydroxylation sites is 1. The number of fused-ring (bicyclic) bond motifs is 2. The highest BCUT2D eigenvalue weighted by atomic mass is 16.6. The first kappa shape index (κ1) is 20.3. The molecule has 1 aliphatic carbocycles. The molecule has 0 spiro atoms. The third kappa shape index (κ3) is 3.29. The quantitative estimate of drug-likeness (QED) is 0.775. The van der Waals surface area contributed by atoms with E-state index in [4.69, 9.17) is 9.47 Å². The SMILES string of the molecule is C[C@@]12C[C@H](c3ccccc3)N(C(=O)c3cccc4c3OCCO4)[C@@H]1CCC[C@@H](O)[C@@H]2O. The minimum atomic E-state index is -0.881. The fourth-order valence-electron chi connectivity index (χ4n) is 5.71. The van der Waals surface area contributed by atoms with Gasteiger partial charge in [-0.2, -0.15) is 0 Å². The maximum atomic E-state index is 14.0. The fourth-order valence-corrected chi connectivity index (χ4v) is 5.71. The summed E-state index contributed by atoms with van der Waals surface area (Å²) >= 11 is 0. The van der Waals surface area contributed by atoms with Gasteiger partial charge in [-0.3, -0.25) is 4.79 Å². The normalized spacial score (nSPS) is 32.3. The van der Waals surface area contributed by atoms with Gasteiger partial charge >= 0.3 is 0 Å². The number of carbonyl (C=O) groups excluding carboxylic acids is 1. The van der Waals surface area contributed by atoms with Gasteiger partial charge in [0.1, 0.15) is 13.2 Å². The Morgan fingerprint density at radius 1 is 1.03 bits per heavy atom. The Bertz CT molecular complexity index is 964. The fraction of sp³-hybridized carbons (Fsp3) is 0.480. The maximum Gasteiger partial charge on any atom is 0.258 e. The van der Waals surface area contributed by atoms with Gasteiger partial charge in [-0.15, -0.1) is 0 Å². The number of carbonyl (C=O) groups is 1. The summed E-state index contributed by atoms with van der Waals surface area (Å²) in [6, 6.07) is 15.0. The highest BCUT2D eigenvalue weighted by Gasteiger charge is 2.57. The van der Waals surface area contributed by atoms with E-state index in [1.807, 2.05) is 54.3 Å². The summed E-state index contributed by atoms with van der Waals surface area (Å²) < 4.78 is 11.5.